The topological polar surface area (TPSA) is 165 Å². The Kier molecular flexibility index (Phi) is 11.7. The second-order valence-corrected chi connectivity index (χ2v) is 14.6. The minimum atomic E-state index is -0.362. The summed E-state index contributed by atoms with van der Waals surface area (Å²) in [5, 5.41) is 20.6. The number of nitrogens with zero attached hydrogens (tertiary/aromatic N) is 5. The maximum absolute atomic E-state index is 12.5. The highest BCUT2D eigenvalue weighted by atomic mass is 79.9. The van der Waals surface area contributed by atoms with Gasteiger partial charge >= 0.3 is 0 Å². The van der Waals surface area contributed by atoms with Gasteiger partial charge in [-0.05, 0) is 89.1 Å². The predicted molar refractivity (Wildman–Crippen MR) is 203 cm³/mol. The minimum Gasteiger partial charge on any atom is -0.504 e. The molecule has 1 saturated heterocycles. The molecule has 16 heteroatoms. The van der Waals surface area contributed by atoms with E-state index < -0.39 is 0 Å². The number of carbonyl (C=O) groups is 3. The number of halogens is 2. The number of allylic oxidation sites excluding steroid dienone is 1. The normalized spacial score (nSPS) is 15.1. The Bertz CT molecular complexity index is 2240. The molecule has 2 N–H and O–H groups in total. The minimum absolute atomic E-state index is 0.0217. The highest BCUT2D eigenvalue weighted by Crippen LogP contribution is 2.42. The Morgan fingerprint density at radius 2 is 1.37 bits per heavy atom. The van der Waals surface area contributed by atoms with Crippen molar-refractivity contribution in [1.82, 2.24) is 24.8 Å². The molecule has 2 amide bonds. The van der Waals surface area contributed by atoms with Gasteiger partial charge in [0.25, 0.3) is 11.1 Å². The van der Waals surface area contributed by atoms with E-state index in [0.717, 1.165) is 33.4 Å². The molecule has 2 aliphatic heterocycles. The molecule has 2 aromatic carbocycles. The Hall–Kier alpha value is -5.03. The SMILES string of the molecule is CN1C(=O)S/C(=C\c2cc(OCc3cncnc3)c(O)cc2Br)C1=O.O=C1/C(=C/c2cc(OCc3ccncc3)c(O)cc2Br)Sc2ncccc21. The fourth-order valence-electron chi connectivity index (χ4n) is 4.63. The number of Topliss-reactive ketones (excluding diaryl/α,β-unsaturated/α-hetero) is 1. The predicted octanol–water partition coefficient (Wildman–Crippen LogP) is 8.04. The van der Waals surface area contributed by atoms with E-state index in [0.29, 0.717) is 47.3 Å². The molecule has 52 heavy (non-hydrogen) atoms. The molecule has 0 aliphatic carbocycles. The molecule has 7 rings (SSSR count). The van der Waals surface area contributed by atoms with Crippen molar-refractivity contribution in [3.63, 3.8) is 0 Å². The molecule has 1 fully saturated rings. The number of aromatic hydroxyl groups is 2. The molecule has 0 atom stereocenters. The van der Waals surface area contributed by atoms with Gasteiger partial charge in [-0.2, -0.15) is 0 Å². The van der Waals surface area contributed by atoms with Crippen LogP contribution in [0.5, 0.6) is 23.0 Å². The molecular formula is C36H25Br2N5O7S2. The number of phenolic OH excluding ortho intramolecular Hbond substituents is 2. The van der Waals surface area contributed by atoms with Gasteiger partial charge < -0.3 is 19.7 Å². The number of imide groups is 1. The lowest BCUT2D eigenvalue weighted by Gasteiger charge is -2.10. The smallest absolute Gasteiger partial charge is 0.293 e. The van der Waals surface area contributed by atoms with Crippen molar-refractivity contribution < 1.29 is 34.1 Å². The third-order valence-electron chi connectivity index (χ3n) is 7.31. The number of rotatable bonds is 8. The van der Waals surface area contributed by atoms with Crippen LogP contribution in [0.25, 0.3) is 12.2 Å². The van der Waals surface area contributed by atoms with E-state index >= 15 is 0 Å². The van der Waals surface area contributed by atoms with Gasteiger partial charge in [-0.1, -0.05) is 43.6 Å². The van der Waals surface area contributed by atoms with Crippen LogP contribution in [0.3, 0.4) is 0 Å². The lowest BCUT2D eigenvalue weighted by molar-refractivity contribution is -0.121. The molecule has 262 valence electrons. The zero-order valence-corrected chi connectivity index (χ0v) is 31.7. The summed E-state index contributed by atoms with van der Waals surface area (Å²) in [5.41, 5.74) is 3.64. The average Bonchev–Trinajstić information content (AvgIpc) is 3.59. The number of amides is 2. The number of aromatic nitrogens is 4. The second kappa shape index (κ2) is 16.5. The first kappa shape index (κ1) is 36.8. The van der Waals surface area contributed by atoms with Crippen LogP contribution in [0, 0.1) is 0 Å². The summed E-state index contributed by atoms with van der Waals surface area (Å²) in [5.74, 6) is 0.140. The molecule has 0 unspecified atom stereocenters. The number of hydrogen-bond acceptors (Lipinski definition) is 13. The fourth-order valence-corrected chi connectivity index (χ4v) is 7.32. The molecule has 5 heterocycles. The number of benzene rings is 2. The van der Waals surface area contributed by atoms with Crippen molar-refractivity contribution in [2.75, 3.05) is 7.05 Å². The quantitative estimate of drug-likeness (QED) is 0.144. The molecule has 0 spiro atoms. The van der Waals surface area contributed by atoms with Crippen molar-refractivity contribution in [3.05, 3.63) is 132 Å². The number of carbonyl (C=O) groups excluding carboxylic acids is 3. The average molecular weight is 864 g/mol. The highest BCUT2D eigenvalue weighted by molar-refractivity contribution is 9.10. The number of hydrogen-bond donors (Lipinski definition) is 2. The van der Waals surface area contributed by atoms with E-state index in [2.05, 4.69) is 51.8 Å². The van der Waals surface area contributed by atoms with Gasteiger partial charge in [0.1, 0.15) is 24.6 Å². The van der Waals surface area contributed by atoms with Crippen molar-refractivity contribution in [2.24, 2.45) is 0 Å². The Labute approximate surface area is 322 Å². The van der Waals surface area contributed by atoms with Gasteiger partial charge in [-0.3, -0.25) is 24.3 Å². The standard InChI is InChI=1S/C20H13BrN2O3S.C16H12BrN3O4S/c21-15-10-16(24)17(26-11-12-3-6-22-7-4-12)8-13(15)9-18-19(25)14-2-1-5-23-20(14)27-18;1-20-15(22)14(25-16(20)23)3-10-2-13(12(21)4-11(10)17)24-7-9-5-18-8-19-6-9/h1-10,24H,11H2;2-6,8,21H,7H2,1H3/b18-9-;14-3-. The molecule has 0 saturated carbocycles. The molecule has 2 aliphatic rings. The number of thioether (sulfide) groups is 2. The molecule has 3 aromatic heterocycles. The van der Waals surface area contributed by atoms with E-state index in [1.54, 1.807) is 73.5 Å². The van der Waals surface area contributed by atoms with E-state index in [-0.39, 0.29) is 40.8 Å². The van der Waals surface area contributed by atoms with Crippen LogP contribution in [0.2, 0.25) is 0 Å². The van der Waals surface area contributed by atoms with E-state index in [9.17, 15) is 24.6 Å². The van der Waals surface area contributed by atoms with Gasteiger partial charge in [-0.15, -0.1) is 0 Å². The van der Waals surface area contributed by atoms with E-state index in [1.165, 1.54) is 31.2 Å². The van der Waals surface area contributed by atoms with Crippen molar-refractivity contribution >= 4 is 84.5 Å². The monoisotopic (exact) mass is 861 g/mol. The molecule has 0 bridgehead atoms. The molecule has 12 nitrogen and oxygen atoms in total. The highest BCUT2D eigenvalue weighted by Gasteiger charge is 2.32. The summed E-state index contributed by atoms with van der Waals surface area (Å²) in [7, 11) is 1.43. The van der Waals surface area contributed by atoms with Crippen LogP contribution in [-0.2, 0) is 18.0 Å². The third kappa shape index (κ3) is 8.70. The van der Waals surface area contributed by atoms with Crippen molar-refractivity contribution in [1.29, 1.82) is 0 Å². The van der Waals surface area contributed by atoms with Crippen LogP contribution in [0.4, 0.5) is 4.79 Å². The lowest BCUT2D eigenvalue weighted by atomic mass is 10.1. The molecule has 0 radical (unpaired) electrons. The van der Waals surface area contributed by atoms with Gasteiger partial charge in [0.2, 0.25) is 5.78 Å². The first-order chi connectivity index (χ1) is 25.1. The second-order valence-electron chi connectivity index (χ2n) is 10.9. The zero-order chi connectivity index (χ0) is 36.8. The van der Waals surface area contributed by atoms with Crippen molar-refractivity contribution in [3.8, 4) is 23.0 Å². The number of fused-ring (bicyclic) bond motifs is 1. The summed E-state index contributed by atoms with van der Waals surface area (Å²) in [6.07, 6.45) is 13.0. The largest absolute Gasteiger partial charge is 0.504 e. The maximum Gasteiger partial charge on any atom is 0.293 e. The van der Waals surface area contributed by atoms with Crippen LogP contribution in [0.15, 0.2) is 110 Å². The van der Waals surface area contributed by atoms with Gasteiger partial charge in [0, 0.05) is 52.5 Å². The Balaban J connectivity index is 0.000000179. The van der Waals surface area contributed by atoms with Crippen molar-refractivity contribution in [2.45, 2.75) is 18.2 Å². The first-order valence-corrected chi connectivity index (χ1v) is 18.3. The summed E-state index contributed by atoms with van der Waals surface area (Å²) in [6, 6.07) is 13.5. The first-order valence-electron chi connectivity index (χ1n) is 15.1. The zero-order valence-electron chi connectivity index (χ0n) is 26.9. The number of ether oxygens (including phenoxy) is 2. The van der Waals surface area contributed by atoms with E-state index in [4.69, 9.17) is 9.47 Å². The summed E-state index contributed by atoms with van der Waals surface area (Å²) < 4.78 is 12.6. The lowest BCUT2D eigenvalue weighted by Crippen LogP contribution is -2.22. The number of likely N-dealkylation sites (N-methyl/N-ethyl adjacent to an activating group) is 1. The fraction of sp³-hybridized carbons (Fsp3) is 0.0833. The Morgan fingerprint density at radius 1 is 0.769 bits per heavy atom. The number of ketones is 1. The van der Waals surface area contributed by atoms with Crippen LogP contribution in [-0.4, -0.2) is 59.0 Å². The number of pyridine rings is 2. The summed E-state index contributed by atoms with van der Waals surface area (Å²) >= 11 is 8.97. The summed E-state index contributed by atoms with van der Waals surface area (Å²) in [6.45, 7) is 0.484. The van der Waals surface area contributed by atoms with Crippen LogP contribution in [0.1, 0.15) is 32.6 Å². The summed E-state index contributed by atoms with van der Waals surface area (Å²) in [4.78, 5) is 54.1. The maximum atomic E-state index is 12.5. The van der Waals surface area contributed by atoms with Crippen LogP contribution < -0.4 is 9.47 Å². The van der Waals surface area contributed by atoms with Gasteiger partial charge in [0.05, 0.1) is 15.4 Å². The third-order valence-corrected chi connectivity index (χ3v) is 10.7. The van der Waals surface area contributed by atoms with Gasteiger partial charge in [0.15, 0.2) is 23.0 Å². The Morgan fingerprint density at radius 3 is 1.94 bits per heavy atom. The molecule has 5 aromatic rings. The van der Waals surface area contributed by atoms with Gasteiger partial charge in [-0.25, -0.2) is 15.0 Å². The van der Waals surface area contributed by atoms with Crippen LogP contribution >= 0.6 is 55.4 Å². The molecular weight excluding hydrogens is 838 g/mol. The van der Waals surface area contributed by atoms with E-state index in [1.807, 2.05) is 12.1 Å². The number of phenols is 2.